The number of anilines is 1. The zero-order valence-corrected chi connectivity index (χ0v) is 14.9. The number of benzene rings is 2. The molecule has 2 unspecified atom stereocenters. The van der Waals surface area contributed by atoms with Gasteiger partial charge in [-0.1, -0.05) is 37.3 Å². The fourth-order valence-corrected chi connectivity index (χ4v) is 4.08. The summed E-state index contributed by atoms with van der Waals surface area (Å²) >= 11 is 1.73. The monoisotopic (exact) mass is 351 g/mol. The Kier molecular flexibility index (Phi) is 4.27. The highest BCUT2D eigenvalue weighted by Gasteiger charge is 2.27. The van der Waals surface area contributed by atoms with E-state index in [0.29, 0.717) is 5.92 Å². The summed E-state index contributed by atoms with van der Waals surface area (Å²) < 4.78 is 1.12. The van der Waals surface area contributed by atoms with Crippen LogP contribution in [0.1, 0.15) is 42.3 Å². The molecule has 1 aliphatic rings. The van der Waals surface area contributed by atoms with E-state index in [-0.39, 0.29) is 17.9 Å². The minimum absolute atomic E-state index is 0.0670. The van der Waals surface area contributed by atoms with E-state index in [9.17, 15) is 4.79 Å². The van der Waals surface area contributed by atoms with Crippen LogP contribution in [0, 0.1) is 5.92 Å². The van der Waals surface area contributed by atoms with Crippen LogP contribution in [0.3, 0.4) is 0 Å². The second-order valence-electron chi connectivity index (χ2n) is 6.72. The topological polar surface area (TPSA) is 68.0 Å². The molecular weight excluding hydrogens is 330 g/mol. The molecule has 1 fully saturated rings. The highest BCUT2D eigenvalue weighted by atomic mass is 32.1. The predicted octanol–water partition coefficient (Wildman–Crippen LogP) is 4.45. The first-order valence-electron chi connectivity index (χ1n) is 8.63. The van der Waals surface area contributed by atoms with Crippen LogP contribution in [0.2, 0.25) is 0 Å². The lowest BCUT2D eigenvalue weighted by Gasteiger charge is -2.19. The van der Waals surface area contributed by atoms with E-state index in [1.54, 1.807) is 11.3 Å². The minimum Gasteiger partial charge on any atom is -0.326 e. The van der Waals surface area contributed by atoms with E-state index in [0.717, 1.165) is 21.5 Å². The molecule has 5 heteroatoms. The summed E-state index contributed by atoms with van der Waals surface area (Å²) in [5.41, 5.74) is 9.04. The van der Waals surface area contributed by atoms with Crippen LogP contribution < -0.4 is 11.1 Å². The Labute approximate surface area is 151 Å². The number of nitrogens with two attached hydrogens (primary N) is 1. The van der Waals surface area contributed by atoms with Gasteiger partial charge in [0.25, 0.3) is 0 Å². The lowest BCUT2D eigenvalue weighted by molar-refractivity contribution is -0.120. The summed E-state index contributed by atoms with van der Waals surface area (Å²) in [6.07, 6.45) is 2.50. The van der Waals surface area contributed by atoms with E-state index < -0.39 is 0 Å². The second kappa shape index (κ2) is 6.58. The van der Waals surface area contributed by atoms with Gasteiger partial charge in [0.1, 0.15) is 0 Å². The first-order valence-corrected chi connectivity index (χ1v) is 9.45. The molecule has 4 rings (SSSR count). The molecule has 0 spiro atoms. The number of carbonyl (C=O) groups is 1. The fraction of sp³-hybridized carbons (Fsp3) is 0.300. The van der Waals surface area contributed by atoms with E-state index in [1.807, 2.05) is 55.5 Å². The zero-order valence-electron chi connectivity index (χ0n) is 14.1. The van der Waals surface area contributed by atoms with Crippen molar-refractivity contribution >= 4 is 33.1 Å². The van der Waals surface area contributed by atoms with Crippen LogP contribution in [-0.4, -0.2) is 10.9 Å². The zero-order chi connectivity index (χ0) is 17.4. The van der Waals surface area contributed by atoms with Gasteiger partial charge in [0.15, 0.2) is 0 Å². The summed E-state index contributed by atoms with van der Waals surface area (Å²) in [5, 5.41) is 4.22. The number of nitrogens with zero attached hydrogens (tertiary/aromatic N) is 1. The molecule has 25 heavy (non-hydrogen) atoms. The number of nitrogens with one attached hydrogen (secondary N) is 1. The summed E-state index contributed by atoms with van der Waals surface area (Å²) in [7, 11) is 0. The largest absolute Gasteiger partial charge is 0.326 e. The standard InChI is InChI=1S/C20H21N3OS/c1-12(18(21)13-5-3-2-4-6-13)19(24)22-15-9-10-16-17(11-15)25-20(23-16)14-7-8-14/h2-6,9-12,14,18H,7-8,21H2,1H3,(H,22,24). The van der Waals surface area contributed by atoms with E-state index >= 15 is 0 Å². The van der Waals surface area contributed by atoms with Gasteiger partial charge in [0, 0.05) is 17.6 Å². The van der Waals surface area contributed by atoms with Gasteiger partial charge in [0.2, 0.25) is 5.91 Å². The Bertz CT molecular complexity index is 902. The molecule has 1 aliphatic carbocycles. The van der Waals surface area contributed by atoms with Gasteiger partial charge in [-0.05, 0) is 36.6 Å². The number of fused-ring (bicyclic) bond motifs is 1. The number of aromatic nitrogens is 1. The molecule has 2 atom stereocenters. The number of amides is 1. The van der Waals surface area contributed by atoms with Crippen molar-refractivity contribution in [1.29, 1.82) is 0 Å². The normalized spacial score (nSPS) is 16.6. The molecule has 0 radical (unpaired) electrons. The van der Waals surface area contributed by atoms with Crippen LogP contribution in [0.25, 0.3) is 10.2 Å². The van der Waals surface area contributed by atoms with Gasteiger partial charge in [-0.2, -0.15) is 0 Å². The SMILES string of the molecule is CC(C(=O)Nc1ccc2nc(C3CC3)sc2c1)C(N)c1ccccc1. The third-order valence-electron chi connectivity index (χ3n) is 4.74. The second-order valence-corrected chi connectivity index (χ2v) is 7.79. The van der Waals surface area contributed by atoms with E-state index in [1.165, 1.54) is 17.8 Å². The molecule has 3 N–H and O–H groups in total. The maximum atomic E-state index is 12.6. The van der Waals surface area contributed by atoms with Crippen LogP contribution in [-0.2, 0) is 4.79 Å². The van der Waals surface area contributed by atoms with Crippen molar-refractivity contribution < 1.29 is 4.79 Å². The highest BCUT2D eigenvalue weighted by molar-refractivity contribution is 7.18. The van der Waals surface area contributed by atoms with Crippen molar-refractivity contribution in [3.8, 4) is 0 Å². The number of carbonyl (C=O) groups excluding carboxylic acids is 1. The molecule has 2 aromatic carbocycles. The number of hydrogen-bond donors (Lipinski definition) is 2. The summed E-state index contributed by atoms with van der Waals surface area (Å²) in [6.45, 7) is 1.86. The lowest BCUT2D eigenvalue weighted by Crippen LogP contribution is -2.30. The predicted molar refractivity (Wildman–Crippen MR) is 103 cm³/mol. The Morgan fingerprint density at radius 1 is 1.24 bits per heavy atom. The van der Waals surface area contributed by atoms with Gasteiger partial charge >= 0.3 is 0 Å². The Hall–Kier alpha value is -2.24. The maximum Gasteiger partial charge on any atom is 0.229 e. The van der Waals surface area contributed by atoms with Gasteiger partial charge in [-0.15, -0.1) is 11.3 Å². The number of rotatable bonds is 5. The van der Waals surface area contributed by atoms with Crippen molar-refractivity contribution in [2.24, 2.45) is 11.7 Å². The molecule has 0 bridgehead atoms. The molecule has 1 saturated carbocycles. The molecule has 1 aromatic heterocycles. The third kappa shape index (κ3) is 3.43. The smallest absolute Gasteiger partial charge is 0.229 e. The third-order valence-corrected chi connectivity index (χ3v) is 5.92. The van der Waals surface area contributed by atoms with Crippen LogP contribution in [0.4, 0.5) is 5.69 Å². The molecule has 0 aliphatic heterocycles. The Balaban J connectivity index is 1.48. The van der Waals surface area contributed by atoms with Crippen molar-refractivity contribution in [3.05, 3.63) is 59.1 Å². The molecule has 128 valence electrons. The van der Waals surface area contributed by atoms with Crippen molar-refractivity contribution in [2.45, 2.75) is 31.7 Å². The first-order chi connectivity index (χ1) is 12.1. The van der Waals surface area contributed by atoms with Crippen LogP contribution in [0.15, 0.2) is 48.5 Å². The Morgan fingerprint density at radius 3 is 2.72 bits per heavy atom. The van der Waals surface area contributed by atoms with Crippen molar-refractivity contribution in [1.82, 2.24) is 4.98 Å². The van der Waals surface area contributed by atoms with E-state index in [2.05, 4.69) is 10.3 Å². The molecular formula is C20H21N3OS. The van der Waals surface area contributed by atoms with Gasteiger partial charge in [-0.25, -0.2) is 4.98 Å². The molecule has 1 amide bonds. The highest BCUT2D eigenvalue weighted by Crippen LogP contribution is 2.43. The summed E-state index contributed by atoms with van der Waals surface area (Å²) in [4.78, 5) is 17.3. The maximum absolute atomic E-state index is 12.6. The van der Waals surface area contributed by atoms with Gasteiger partial charge in [0.05, 0.1) is 21.1 Å². The molecule has 1 heterocycles. The average Bonchev–Trinajstić information content (AvgIpc) is 3.40. The van der Waals surface area contributed by atoms with Crippen LogP contribution in [0.5, 0.6) is 0 Å². The average molecular weight is 351 g/mol. The number of thiazole rings is 1. The molecule has 0 saturated heterocycles. The Morgan fingerprint density at radius 2 is 2.00 bits per heavy atom. The summed E-state index contributed by atoms with van der Waals surface area (Å²) in [5.74, 6) is 0.267. The molecule has 3 aromatic rings. The quantitative estimate of drug-likeness (QED) is 0.713. The minimum atomic E-state index is -0.324. The van der Waals surface area contributed by atoms with Crippen molar-refractivity contribution in [3.63, 3.8) is 0 Å². The van der Waals surface area contributed by atoms with Crippen LogP contribution >= 0.6 is 11.3 Å². The number of hydrogen-bond acceptors (Lipinski definition) is 4. The molecule has 4 nitrogen and oxygen atoms in total. The van der Waals surface area contributed by atoms with Gasteiger partial charge < -0.3 is 11.1 Å². The summed E-state index contributed by atoms with van der Waals surface area (Å²) in [6, 6.07) is 15.3. The van der Waals surface area contributed by atoms with Gasteiger partial charge in [-0.3, -0.25) is 4.79 Å². The fourth-order valence-electron chi connectivity index (χ4n) is 2.91. The van der Waals surface area contributed by atoms with E-state index in [4.69, 9.17) is 5.73 Å². The van der Waals surface area contributed by atoms with Crippen molar-refractivity contribution in [2.75, 3.05) is 5.32 Å². The first kappa shape index (κ1) is 16.2. The lowest BCUT2D eigenvalue weighted by atomic mass is 9.94.